The molecule has 0 aliphatic carbocycles. The Morgan fingerprint density at radius 2 is 1.68 bits per heavy atom. The van der Waals surface area contributed by atoms with Gasteiger partial charge >= 0.3 is 0 Å². The second-order valence-electron chi connectivity index (χ2n) is 7.30. The Hall–Kier alpha value is -2.47. The molecule has 0 saturated carbocycles. The van der Waals surface area contributed by atoms with Crippen LogP contribution in [0.2, 0.25) is 0 Å². The molecule has 0 aromatic heterocycles. The summed E-state index contributed by atoms with van der Waals surface area (Å²) in [6.45, 7) is 2.31. The molecule has 168 valence electrons. The maximum Gasteiger partial charge on any atom is 0.262 e. The van der Waals surface area contributed by atoms with E-state index >= 15 is 0 Å². The molecular weight excluding hydrogens is 442 g/mol. The number of sulfonamides is 2. The first-order chi connectivity index (χ1) is 14.6. The lowest BCUT2D eigenvalue weighted by molar-refractivity contribution is -0.118. The van der Waals surface area contributed by atoms with Gasteiger partial charge in [0.2, 0.25) is 20.0 Å². The fourth-order valence-electron chi connectivity index (χ4n) is 3.29. The molecule has 1 aliphatic heterocycles. The zero-order valence-corrected chi connectivity index (χ0v) is 18.7. The van der Waals surface area contributed by atoms with Gasteiger partial charge < -0.3 is 10.1 Å². The molecule has 3 rings (SSSR count). The van der Waals surface area contributed by atoms with E-state index in [1.165, 1.54) is 40.7 Å². The zero-order valence-electron chi connectivity index (χ0n) is 17.1. The van der Waals surface area contributed by atoms with Crippen LogP contribution in [0.5, 0.6) is 5.75 Å². The van der Waals surface area contributed by atoms with Crippen LogP contribution >= 0.6 is 0 Å². The molecule has 0 radical (unpaired) electrons. The van der Waals surface area contributed by atoms with Gasteiger partial charge in [-0.15, -0.1) is 0 Å². The largest absolute Gasteiger partial charge is 0.484 e. The van der Waals surface area contributed by atoms with E-state index in [-0.39, 0.29) is 22.1 Å². The van der Waals surface area contributed by atoms with Gasteiger partial charge in [0.05, 0.1) is 9.79 Å². The summed E-state index contributed by atoms with van der Waals surface area (Å²) in [6.07, 6.45) is 2.75. The predicted octanol–water partition coefficient (Wildman–Crippen LogP) is 1.83. The number of aryl methyl sites for hydroxylation is 1. The molecule has 9 nitrogen and oxygen atoms in total. The van der Waals surface area contributed by atoms with Crippen LogP contribution in [-0.4, -0.2) is 46.7 Å². The number of hydrogen-bond donors (Lipinski definition) is 2. The lowest BCUT2D eigenvalue weighted by Gasteiger charge is -2.25. The summed E-state index contributed by atoms with van der Waals surface area (Å²) in [7, 11) is -7.44. The molecule has 0 spiro atoms. The van der Waals surface area contributed by atoms with E-state index in [9.17, 15) is 21.6 Å². The molecule has 1 aliphatic rings. The number of piperidine rings is 1. The van der Waals surface area contributed by atoms with Gasteiger partial charge in [0, 0.05) is 18.8 Å². The molecule has 1 saturated heterocycles. The summed E-state index contributed by atoms with van der Waals surface area (Å²) in [5.41, 5.74) is 0.738. The highest BCUT2D eigenvalue weighted by molar-refractivity contribution is 7.89. The lowest BCUT2D eigenvalue weighted by atomic mass is 10.2. The highest BCUT2D eigenvalue weighted by Gasteiger charge is 2.25. The number of primary sulfonamides is 1. The van der Waals surface area contributed by atoms with Crippen molar-refractivity contribution in [1.82, 2.24) is 4.31 Å². The van der Waals surface area contributed by atoms with Gasteiger partial charge in [0.15, 0.2) is 6.61 Å². The molecule has 0 unspecified atom stereocenters. The van der Waals surface area contributed by atoms with Crippen molar-refractivity contribution in [3.05, 3.63) is 48.0 Å². The standard InChI is InChI=1S/C20H25N3O6S2/c1-15-5-6-16(13-19(15)30(21,25)26)22-20(24)14-29-17-7-9-18(10-8-17)31(27,28)23-11-3-2-4-12-23/h5-10,13H,2-4,11-12,14H2,1H3,(H,22,24)(H2,21,25,26). The number of rotatable bonds is 7. The first-order valence-corrected chi connectivity index (χ1v) is 12.7. The average molecular weight is 468 g/mol. The number of benzene rings is 2. The Morgan fingerprint density at radius 3 is 2.29 bits per heavy atom. The minimum atomic E-state index is -3.91. The van der Waals surface area contributed by atoms with Crippen LogP contribution in [0.4, 0.5) is 5.69 Å². The SMILES string of the molecule is Cc1ccc(NC(=O)COc2ccc(S(=O)(=O)N3CCCCC3)cc2)cc1S(N)(=O)=O. The number of ether oxygens (including phenoxy) is 1. The Labute approximate surface area is 182 Å². The lowest BCUT2D eigenvalue weighted by Crippen LogP contribution is -2.35. The number of nitrogens with two attached hydrogens (primary N) is 1. The van der Waals surface area contributed by atoms with Crippen molar-refractivity contribution in [1.29, 1.82) is 0 Å². The number of carbonyl (C=O) groups excluding carboxylic acids is 1. The highest BCUT2D eigenvalue weighted by atomic mass is 32.2. The first-order valence-electron chi connectivity index (χ1n) is 9.74. The number of amides is 1. The zero-order chi connectivity index (χ0) is 22.6. The van der Waals surface area contributed by atoms with Crippen LogP contribution in [0.3, 0.4) is 0 Å². The van der Waals surface area contributed by atoms with Crippen molar-refractivity contribution in [3.63, 3.8) is 0 Å². The van der Waals surface area contributed by atoms with Gasteiger partial charge in [-0.1, -0.05) is 12.5 Å². The third-order valence-corrected chi connectivity index (χ3v) is 7.89. The minimum Gasteiger partial charge on any atom is -0.484 e. The second-order valence-corrected chi connectivity index (χ2v) is 10.8. The van der Waals surface area contributed by atoms with Gasteiger partial charge in [-0.3, -0.25) is 4.79 Å². The summed E-state index contributed by atoms with van der Waals surface area (Å²) < 4.78 is 55.4. The molecule has 0 atom stereocenters. The molecule has 2 aromatic carbocycles. The van der Waals surface area contributed by atoms with E-state index in [0.717, 1.165) is 19.3 Å². The fraction of sp³-hybridized carbons (Fsp3) is 0.350. The summed E-state index contributed by atoms with van der Waals surface area (Å²) in [6, 6.07) is 10.3. The van der Waals surface area contributed by atoms with E-state index in [0.29, 0.717) is 24.4 Å². The van der Waals surface area contributed by atoms with E-state index < -0.39 is 26.0 Å². The number of anilines is 1. The molecule has 1 amide bonds. The fourth-order valence-corrected chi connectivity index (χ4v) is 5.62. The molecular formula is C20H25N3O6S2. The van der Waals surface area contributed by atoms with Crippen LogP contribution < -0.4 is 15.2 Å². The van der Waals surface area contributed by atoms with Crippen LogP contribution in [0.25, 0.3) is 0 Å². The maximum absolute atomic E-state index is 12.7. The summed E-state index contributed by atoms with van der Waals surface area (Å²) in [4.78, 5) is 12.3. The number of hydrogen-bond acceptors (Lipinski definition) is 6. The number of carbonyl (C=O) groups is 1. The van der Waals surface area contributed by atoms with Crippen molar-refractivity contribution in [2.75, 3.05) is 25.0 Å². The van der Waals surface area contributed by atoms with Gasteiger partial charge in [0.1, 0.15) is 5.75 Å². The maximum atomic E-state index is 12.7. The molecule has 31 heavy (non-hydrogen) atoms. The Morgan fingerprint density at radius 1 is 1.03 bits per heavy atom. The second kappa shape index (κ2) is 9.35. The van der Waals surface area contributed by atoms with Crippen LogP contribution in [0, 0.1) is 6.92 Å². The average Bonchev–Trinajstić information content (AvgIpc) is 2.74. The normalized spacial score (nSPS) is 15.4. The Kier molecular flexibility index (Phi) is 6.99. The molecule has 1 heterocycles. The summed E-state index contributed by atoms with van der Waals surface area (Å²) >= 11 is 0. The molecule has 0 bridgehead atoms. The van der Waals surface area contributed by atoms with Crippen molar-refractivity contribution in [3.8, 4) is 5.75 Å². The minimum absolute atomic E-state index is 0.0725. The molecule has 1 fully saturated rings. The highest BCUT2D eigenvalue weighted by Crippen LogP contribution is 2.23. The van der Waals surface area contributed by atoms with Crippen LogP contribution in [-0.2, 0) is 24.8 Å². The van der Waals surface area contributed by atoms with Gasteiger partial charge in [-0.2, -0.15) is 4.31 Å². The Bertz CT molecular complexity index is 1160. The Balaban J connectivity index is 1.60. The summed E-state index contributed by atoms with van der Waals surface area (Å²) in [5, 5.41) is 7.72. The monoisotopic (exact) mass is 467 g/mol. The number of nitrogens with zero attached hydrogens (tertiary/aromatic N) is 1. The topological polar surface area (TPSA) is 136 Å². The van der Waals surface area contributed by atoms with Crippen LogP contribution in [0.1, 0.15) is 24.8 Å². The smallest absolute Gasteiger partial charge is 0.262 e. The van der Waals surface area contributed by atoms with E-state index in [4.69, 9.17) is 9.88 Å². The third kappa shape index (κ3) is 5.82. The van der Waals surface area contributed by atoms with Crippen LogP contribution in [0.15, 0.2) is 52.3 Å². The molecule has 11 heteroatoms. The van der Waals surface area contributed by atoms with Gasteiger partial charge in [-0.25, -0.2) is 22.0 Å². The quantitative estimate of drug-likeness (QED) is 0.638. The van der Waals surface area contributed by atoms with Crippen molar-refractivity contribution >= 4 is 31.6 Å². The number of nitrogens with one attached hydrogen (secondary N) is 1. The van der Waals surface area contributed by atoms with E-state index in [1.807, 2.05) is 0 Å². The van der Waals surface area contributed by atoms with Gasteiger partial charge in [-0.05, 0) is 61.7 Å². The predicted molar refractivity (Wildman–Crippen MR) is 116 cm³/mol. The molecule has 3 N–H and O–H groups in total. The van der Waals surface area contributed by atoms with E-state index in [1.54, 1.807) is 13.0 Å². The molecule has 2 aromatic rings. The summed E-state index contributed by atoms with van der Waals surface area (Å²) in [5.74, 6) is -0.170. The van der Waals surface area contributed by atoms with Crippen molar-refractivity contribution < 1.29 is 26.4 Å². The van der Waals surface area contributed by atoms with E-state index in [2.05, 4.69) is 5.32 Å². The first kappa shape index (κ1) is 23.2. The third-order valence-electron chi connectivity index (χ3n) is 4.92. The van der Waals surface area contributed by atoms with Crippen molar-refractivity contribution in [2.24, 2.45) is 5.14 Å². The van der Waals surface area contributed by atoms with Crippen molar-refractivity contribution in [2.45, 2.75) is 36.0 Å². The van der Waals surface area contributed by atoms with Gasteiger partial charge in [0.25, 0.3) is 5.91 Å².